The van der Waals surface area contributed by atoms with Crippen LogP contribution in [0.3, 0.4) is 0 Å². The van der Waals surface area contributed by atoms with Crippen molar-refractivity contribution in [3.05, 3.63) is 27.7 Å². The van der Waals surface area contributed by atoms with Crippen molar-refractivity contribution in [2.45, 2.75) is 31.4 Å². The maximum atomic E-state index is 6.11. The summed E-state index contributed by atoms with van der Waals surface area (Å²) in [6.07, 6.45) is 2.07. The Morgan fingerprint density at radius 1 is 1.61 bits per heavy atom. The highest BCUT2D eigenvalue weighted by Gasteiger charge is 2.34. The van der Waals surface area contributed by atoms with Crippen LogP contribution in [0, 0.1) is 0 Å². The van der Waals surface area contributed by atoms with E-state index in [0.29, 0.717) is 11.6 Å². The number of nitrogens with one attached hydrogen (secondary N) is 1. The summed E-state index contributed by atoms with van der Waals surface area (Å²) in [5.41, 5.74) is 6.87. The summed E-state index contributed by atoms with van der Waals surface area (Å²) in [6.45, 7) is 3.42. The Morgan fingerprint density at radius 3 is 3.00 bits per heavy atom. The van der Waals surface area contributed by atoms with E-state index >= 15 is 0 Å². The van der Waals surface area contributed by atoms with E-state index < -0.39 is 0 Å². The number of hydrogen-bond donors (Lipinski definition) is 2. The zero-order valence-corrected chi connectivity index (χ0v) is 12.7. The Bertz CT molecular complexity index is 429. The van der Waals surface area contributed by atoms with Gasteiger partial charge in [-0.2, -0.15) is 0 Å². The molecule has 1 aliphatic heterocycles. The summed E-state index contributed by atoms with van der Waals surface area (Å²) in [4.78, 5) is 0. The summed E-state index contributed by atoms with van der Waals surface area (Å²) in [5, 5.41) is 4.23. The monoisotopic (exact) mass is 332 g/mol. The van der Waals surface area contributed by atoms with Gasteiger partial charge in [-0.3, -0.25) is 0 Å². The molecular weight excluding hydrogens is 316 g/mol. The first kappa shape index (κ1) is 14.1. The van der Waals surface area contributed by atoms with Crippen LogP contribution >= 0.6 is 27.5 Å². The summed E-state index contributed by atoms with van der Waals surface area (Å²) < 4.78 is 6.49. The Hall–Kier alpha value is -0.290. The first-order valence-electron chi connectivity index (χ1n) is 6.09. The number of halogens is 2. The number of hydrogen-bond acceptors (Lipinski definition) is 3. The second-order valence-corrected chi connectivity index (χ2v) is 6.14. The minimum Gasteiger partial charge on any atom is -0.378 e. The van der Waals surface area contributed by atoms with Crippen molar-refractivity contribution in [2.75, 3.05) is 18.5 Å². The van der Waals surface area contributed by atoms with Crippen molar-refractivity contribution in [1.82, 2.24) is 0 Å². The van der Waals surface area contributed by atoms with E-state index in [4.69, 9.17) is 22.1 Å². The van der Waals surface area contributed by atoms with E-state index in [0.717, 1.165) is 29.6 Å². The van der Waals surface area contributed by atoms with Gasteiger partial charge in [0.25, 0.3) is 0 Å². The van der Waals surface area contributed by atoms with E-state index in [1.165, 1.54) is 0 Å². The van der Waals surface area contributed by atoms with Crippen LogP contribution < -0.4 is 11.1 Å². The minimum atomic E-state index is -0.0885. The van der Waals surface area contributed by atoms with E-state index in [2.05, 4.69) is 28.2 Å². The third kappa shape index (κ3) is 3.18. The molecule has 5 heteroatoms. The van der Waals surface area contributed by atoms with Crippen LogP contribution in [0.1, 0.15) is 19.8 Å². The molecule has 0 radical (unpaired) electrons. The molecule has 1 aromatic rings. The highest BCUT2D eigenvalue weighted by molar-refractivity contribution is 9.10. The highest BCUT2D eigenvalue weighted by Crippen LogP contribution is 2.31. The van der Waals surface area contributed by atoms with Gasteiger partial charge in [0.15, 0.2) is 0 Å². The van der Waals surface area contributed by atoms with Crippen LogP contribution in [-0.2, 0) is 4.74 Å². The number of benzene rings is 1. The topological polar surface area (TPSA) is 47.3 Å². The summed E-state index contributed by atoms with van der Waals surface area (Å²) in [7, 11) is 0. The Morgan fingerprint density at radius 2 is 2.39 bits per heavy atom. The molecule has 18 heavy (non-hydrogen) atoms. The van der Waals surface area contributed by atoms with Crippen LogP contribution in [0.4, 0.5) is 5.69 Å². The third-order valence-corrected chi connectivity index (χ3v) is 4.61. The molecule has 3 nitrogen and oxygen atoms in total. The molecule has 2 unspecified atom stereocenters. The van der Waals surface area contributed by atoms with Crippen molar-refractivity contribution in [1.29, 1.82) is 0 Å². The van der Waals surface area contributed by atoms with Gasteiger partial charge in [0.2, 0.25) is 0 Å². The molecule has 0 bridgehead atoms. The van der Waals surface area contributed by atoms with Crippen molar-refractivity contribution >= 4 is 33.2 Å². The normalized spacial score (nSPS) is 28.1. The molecule has 2 rings (SSSR count). The van der Waals surface area contributed by atoms with E-state index in [1.807, 2.05) is 18.2 Å². The van der Waals surface area contributed by atoms with Crippen LogP contribution in [0.15, 0.2) is 22.7 Å². The smallest absolute Gasteiger partial charge is 0.0569 e. The lowest BCUT2D eigenvalue weighted by Gasteiger charge is -2.40. The summed E-state index contributed by atoms with van der Waals surface area (Å²) in [6, 6.07) is 5.87. The van der Waals surface area contributed by atoms with E-state index in [9.17, 15) is 0 Å². The van der Waals surface area contributed by atoms with Crippen LogP contribution in [0.2, 0.25) is 5.02 Å². The van der Waals surface area contributed by atoms with Gasteiger partial charge in [-0.05, 0) is 53.9 Å². The van der Waals surface area contributed by atoms with Crippen LogP contribution in [0.25, 0.3) is 0 Å². The fourth-order valence-electron chi connectivity index (χ4n) is 2.40. The van der Waals surface area contributed by atoms with Gasteiger partial charge in [-0.1, -0.05) is 11.6 Å². The fourth-order valence-corrected chi connectivity index (χ4v) is 2.82. The van der Waals surface area contributed by atoms with Gasteiger partial charge in [-0.15, -0.1) is 0 Å². The summed E-state index contributed by atoms with van der Waals surface area (Å²) >= 11 is 9.50. The number of anilines is 1. The average molecular weight is 334 g/mol. The number of nitrogens with two attached hydrogens (primary N) is 1. The largest absolute Gasteiger partial charge is 0.378 e. The Balaban J connectivity index is 2.16. The van der Waals surface area contributed by atoms with E-state index in [-0.39, 0.29) is 11.6 Å². The fraction of sp³-hybridized carbons (Fsp3) is 0.538. The molecule has 0 aliphatic carbocycles. The Labute approximate surface area is 121 Å². The quantitative estimate of drug-likeness (QED) is 0.891. The van der Waals surface area contributed by atoms with Gasteiger partial charge in [0.1, 0.15) is 0 Å². The van der Waals surface area contributed by atoms with E-state index in [1.54, 1.807) is 0 Å². The lowest BCUT2D eigenvalue weighted by Crippen LogP contribution is -2.51. The van der Waals surface area contributed by atoms with Crippen molar-refractivity contribution < 1.29 is 4.74 Å². The molecule has 100 valence electrons. The van der Waals surface area contributed by atoms with Gasteiger partial charge in [0, 0.05) is 23.3 Å². The van der Waals surface area contributed by atoms with Gasteiger partial charge >= 0.3 is 0 Å². The molecule has 0 aromatic heterocycles. The van der Waals surface area contributed by atoms with Gasteiger partial charge in [-0.25, -0.2) is 0 Å². The molecular formula is C13H18BrClN2O. The maximum Gasteiger partial charge on any atom is 0.0569 e. The molecule has 0 saturated carbocycles. The number of ether oxygens (including phenoxy) is 1. The predicted octanol–water partition coefficient (Wildman–Crippen LogP) is 3.41. The summed E-state index contributed by atoms with van der Waals surface area (Å²) in [5.74, 6) is 0. The van der Waals surface area contributed by atoms with Crippen LogP contribution in [-0.4, -0.2) is 24.8 Å². The SMILES string of the molecule is CC1CC(CN)(Nc2ccc(Br)c(Cl)c2)CCO1. The minimum absolute atomic E-state index is 0.0885. The molecule has 1 saturated heterocycles. The van der Waals surface area contributed by atoms with Gasteiger partial charge in [0.05, 0.1) is 16.7 Å². The third-order valence-electron chi connectivity index (χ3n) is 3.38. The second-order valence-electron chi connectivity index (χ2n) is 4.87. The van der Waals surface area contributed by atoms with Crippen molar-refractivity contribution in [3.63, 3.8) is 0 Å². The number of rotatable bonds is 3. The lowest BCUT2D eigenvalue weighted by atomic mass is 9.86. The van der Waals surface area contributed by atoms with Crippen LogP contribution in [0.5, 0.6) is 0 Å². The molecule has 1 aromatic carbocycles. The van der Waals surface area contributed by atoms with Gasteiger partial charge < -0.3 is 15.8 Å². The Kier molecular flexibility index (Phi) is 4.54. The zero-order valence-electron chi connectivity index (χ0n) is 10.4. The molecule has 3 N–H and O–H groups in total. The van der Waals surface area contributed by atoms with Crippen molar-refractivity contribution in [3.8, 4) is 0 Å². The second kappa shape index (κ2) is 5.78. The maximum absolute atomic E-state index is 6.11. The average Bonchev–Trinajstić information content (AvgIpc) is 2.34. The van der Waals surface area contributed by atoms with Crippen molar-refractivity contribution in [2.24, 2.45) is 5.73 Å². The lowest BCUT2D eigenvalue weighted by molar-refractivity contribution is 0.000265. The zero-order chi connectivity index (χ0) is 13.2. The molecule has 1 fully saturated rings. The molecule has 1 aliphatic rings. The first-order chi connectivity index (χ1) is 8.54. The highest BCUT2D eigenvalue weighted by atomic mass is 79.9. The first-order valence-corrected chi connectivity index (χ1v) is 7.27. The molecule has 0 spiro atoms. The molecule has 2 atom stereocenters. The standard InChI is InChI=1S/C13H18BrClN2O/c1-9-7-13(8-16,4-5-18-9)17-10-2-3-11(14)12(15)6-10/h2-3,6,9,17H,4-5,7-8,16H2,1H3. The molecule has 1 heterocycles. The predicted molar refractivity (Wildman–Crippen MR) is 79.2 cm³/mol. The molecule has 0 amide bonds.